The summed E-state index contributed by atoms with van der Waals surface area (Å²) in [6.07, 6.45) is 3.44. The summed E-state index contributed by atoms with van der Waals surface area (Å²) in [5, 5.41) is 11.2. The summed E-state index contributed by atoms with van der Waals surface area (Å²) >= 11 is 0. The van der Waals surface area contributed by atoms with Gasteiger partial charge in [-0.2, -0.15) is 0 Å². The molecule has 0 spiro atoms. The molecule has 4 amide bonds. The van der Waals surface area contributed by atoms with E-state index in [0.717, 1.165) is 18.4 Å². The number of benzene rings is 2. The summed E-state index contributed by atoms with van der Waals surface area (Å²) in [5.74, 6) is -0.393. The topological polar surface area (TPSA) is 112 Å². The van der Waals surface area contributed by atoms with Crippen LogP contribution in [0.15, 0.2) is 71.3 Å². The predicted octanol–water partition coefficient (Wildman–Crippen LogP) is 3.75. The number of nitrogens with one attached hydrogen (secondary N) is 4. The van der Waals surface area contributed by atoms with E-state index < -0.39 is 0 Å². The maximum Gasteiger partial charge on any atom is 0.319 e. The highest BCUT2D eigenvalue weighted by Gasteiger charge is 2.23. The van der Waals surface area contributed by atoms with Crippen LogP contribution in [0.1, 0.15) is 39.3 Å². The number of carbonyl (C=O) groups excluding carboxylic acids is 3. The third kappa shape index (κ3) is 5.72. The molecule has 31 heavy (non-hydrogen) atoms. The molecule has 1 aliphatic rings. The first-order chi connectivity index (χ1) is 15.1. The Labute approximate surface area is 179 Å². The van der Waals surface area contributed by atoms with Gasteiger partial charge in [-0.05, 0) is 60.9 Å². The summed E-state index contributed by atoms with van der Waals surface area (Å²) in [7, 11) is 0. The second-order valence-corrected chi connectivity index (χ2v) is 7.27. The van der Waals surface area contributed by atoms with E-state index in [1.807, 2.05) is 6.07 Å². The molecule has 158 valence electrons. The van der Waals surface area contributed by atoms with Crippen molar-refractivity contribution in [3.63, 3.8) is 0 Å². The van der Waals surface area contributed by atoms with Crippen molar-refractivity contribution >= 4 is 29.2 Å². The summed E-state index contributed by atoms with van der Waals surface area (Å²) in [6, 6.07) is 17.1. The fourth-order valence-electron chi connectivity index (χ4n) is 2.96. The molecule has 4 N–H and O–H groups in total. The molecule has 8 nitrogen and oxygen atoms in total. The minimum Gasteiger partial charge on any atom is -0.459 e. The van der Waals surface area contributed by atoms with Gasteiger partial charge in [-0.15, -0.1) is 0 Å². The van der Waals surface area contributed by atoms with Crippen LogP contribution in [0.5, 0.6) is 0 Å². The number of urea groups is 1. The van der Waals surface area contributed by atoms with Crippen molar-refractivity contribution in [1.29, 1.82) is 0 Å². The zero-order valence-corrected chi connectivity index (χ0v) is 16.7. The van der Waals surface area contributed by atoms with Crippen molar-refractivity contribution in [3.8, 4) is 0 Å². The van der Waals surface area contributed by atoms with Gasteiger partial charge in [0, 0.05) is 29.5 Å². The van der Waals surface area contributed by atoms with E-state index in [1.165, 1.54) is 6.26 Å². The Hall–Kier alpha value is -4.07. The number of amides is 4. The Morgan fingerprint density at radius 1 is 0.871 bits per heavy atom. The van der Waals surface area contributed by atoms with E-state index >= 15 is 0 Å². The number of anilines is 2. The predicted molar refractivity (Wildman–Crippen MR) is 116 cm³/mol. The molecule has 1 saturated carbocycles. The molecule has 0 unspecified atom stereocenters. The first kappa shape index (κ1) is 20.2. The van der Waals surface area contributed by atoms with Gasteiger partial charge in [0.1, 0.15) is 0 Å². The molecule has 3 aromatic rings. The van der Waals surface area contributed by atoms with E-state index in [9.17, 15) is 14.4 Å². The van der Waals surface area contributed by atoms with Gasteiger partial charge in [0.2, 0.25) is 0 Å². The molecular formula is C23H22N4O4. The lowest BCUT2D eigenvalue weighted by molar-refractivity contribution is 0.0949. The van der Waals surface area contributed by atoms with Crippen LogP contribution in [0.4, 0.5) is 16.2 Å². The fraction of sp³-hybridized carbons (Fsp3) is 0.174. The smallest absolute Gasteiger partial charge is 0.319 e. The number of hydrogen-bond donors (Lipinski definition) is 4. The van der Waals surface area contributed by atoms with Gasteiger partial charge in [0.05, 0.1) is 6.26 Å². The highest BCUT2D eigenvalue weighted by molar-refractivity contribution is 6.02. The van der Waals surface area contributed by atoms with Gasteiger partial charge in [0.15, 0.2) is 5.76 Å². The Balaban J connectivity index is 1.32. The van der Waals surface area contributed by atoms with Crippen LogP contribution in [0, 0.1) is 0 Å². The van der Waals surface area contributed by atoms with Gasteiger partial charge in [-0.3, -0.25) is 9.59 Å². The third-order valence-corrected chi connectivity index (χ3v) is 4.68. The lowest BCUT2D eigenvalue weighted by Gasteiger charge is -2.10. The molecule has 1 aliphatic carbocycles. The summed E-state index contributed by atoms with van der Waals surface area (Å²) < 4.78 is 5.08. The zero-order valence-electron chi connectivity index (χ0n) is 16.7. The normalized spacial score (nSPS) is 12.6. The number of hydrogen-bond acceptors (Lipinski definition) is 4. The van der Waals surface area contributed by atoms with Crippen molar-refractivity contribution in [3.05, 3.63) is 83.8 Å². The lowest BCUT2D eigenvalue weighted by Crippen LogP contribution is -2.30. The van der Waals surface area contributed by atoms with Gasteiger partial charge < -0.3 is 25.7 Å². The van der Waals surface area contributed by atoms with Crippen molar-refractivity contribution in [2.24, 2.45) is 0 Å². The van der Waals surface area contributed by atoms with Crippen LogP contribution in [-0.2, 0) is 6.54 Å². The molecule has 0 radical (unpaired) electrons. The maximum atomic E-state index is 12.5. The second-order valence-electron chi connectivity index (χ2n) is 7.27. The average Bonchev–Trinajstić information content (AvgIpc) is 3.39. The second kappa shape index (κ2) is 9.17. The van der Waals surface area contributed by atoms with Gasteiger partial charge in [-0.1, -0.05) is 18.2 Å². The van der Waals surface area contributed by atoms with Crippen molar-refractivity contribution in [1.82, 2.24) is 10.6 Å². The third-order valence-electron chi connectivity index (χ3n) is 4.68. The molecule has 1 heterocycles. The molecule has 4 rings (SSSR count). The Morgan fingerprint density at radius 2 is 1.65 bits per heavy atom. The SMILES string of the molecule is O=C(Nc1cccc(C(=O)NCc2cccc(NC(=O)c3ccco3)c2)c1)NC1CC1. The molecule has 0 bridgehead atoms. The lowest BCUT2D eigenvalue weighted by atomic mass is 10.1. The van der Waals surface area contributed by atoms with Crippen LogP contribution in [0.2, 0.25) is 0 Å². The monoisotopic (exact) mass is 418 g/mol. The van der Waals surface area contributed by atoms with Gasteiger partial charge >= 0.3 is 6.03 Å². The van der Waals surface area contributed by atoms with Crippen molar-refractivity contribution in [2.75, 3.05) is 10.6 Å². The van der Waals surface area contributed by atoms with Gasteiger partial charge in [-0.25, -0.2) is 4.79 Å². The Kier molecular flexibility index (Phi) is 5.98. The summed E-state index contributed by atoms with van der Waals surface area (Å²) in [6.45, 7) is 0.281. The molecule has 0 atom stereocenters. The highest BCUT2D eigenvalue weighted by Crippen LogP contribution is 2.19. The molecule has 8 heteroatoms. The summed E-state index contributed by atoms with van der Waals surface area (Å²) in [5.41, 5.74) is 2.41. The minimum atomic E-state index is -0.346. The van der Waals surface area contributed by atoms with Gasteiger partial charge in [0.25, 0.3) is 11.8 Å². The number of rotatable bonds is 7. The van der Waals surface area contributed by atoms with Crippen LogP contribution >= 0.6 is 0 Å². The van der Waals surface area contributed by atoms with Crippen molar-refractivity contribution < 1.29 is 18.8 Å². The Morgan fingerprint density at radius 3 is 2.39 bits per heavy atom. The average molecular weight is 418 g/mol. The number of furan rings is 1. The van der Waals surface area contributed by atoms with E-state index in [1.54, 1.807) is 54.6 Å². The molecular weight excluding hydrogens is 396 g/mol. The van der Waals surface area contributed by atoms with Crippen LogP contribution < -0.4 is 21.3 Å². The van der Waals surface area contributed by atoms with Crippen LogP contribution in [-0.4, -0.2) is 23.9 Å². The van der Waals surface area contributed by atoms with Crippen LogP contribution in [0.3, 0.4) is 0 Å². The quantitative estimate of drug-likeness (QED) is 0.468. The first-order valence-corrected chi connectivity index (χ1v) is 9.96. The fourth-order valence-corrected chi connectivity index (χ4v) is 2.96. The molecule has 1 fully saturated rings. The molecule has 2 aromatic carbocycles. The molecule has 0 aliphatic heterocycles. The van der Waals surface area contributed by atoms with E-state index in [-0.39, 0.29) is 36.2 Å². The van der Waals surface area contributed by atoms with Crippen LogP contribution in [0.25, 0.3) is 0 Å². The largest absolute Gasteiger partial charge is 0.459 e. The standard InChI is InChI=1S/C23H22N4O4/c28-21(16-5-2-7-19(13-16)27-23(30)26-17-9-10-17)24-14-15-4-1-6-18(12-15)25-22(29)20-8-3-11-31-20/h1-8,11-13,17H,9-10,14H2,(H,24,28)(H,25,29)(H2,26,27,30). The van der Waals surface area contributed by atoms with Crippen molar-refractivity contribution in [2.45, 2.75) is 25.4 Å². The molecule has 0 saturated heterocycles. The van der Waals surface area contributed by atoms with E-state index in [2.05, 4.69) is 21.3 Å². The maximum absolute atomic E-state index is 12.5. The van der Waals surface area contributed by atoms with E-state index in [4.69, 9.17) is 4.42 Å². The van der Waals surface area contributed by atoms with E-state index in [0.29, 0.717) is 16.9 Å². The Bertz CT molecular complexity index is 1090. The minimum absolute atomic E-state index is 0.220. The summed E-state index contributed by atoms with van der Waals surface area (Å²) in [4.78, 5) is 36.5. The first-order valence-electron chi connectivity index (χ1n) is 9.96. The highest BCUT2D eigenvalue weighted by atomic mass is 16.3. The zero-order chi connectivity index (χ0) is 21.6. The number of carbonyl (C=O) groups is 3. The molecule has 1 aromatic heterocycles.